The molecule has 196 valence electrons. The van der Waals surface area contributed by atoms with Crippen molar-refractivity contribution in [1.29, 1.82) is 5.26 Å². The molecule has 0 amide bonds. The zero-order valence-electron chi connectivity index (χ0n) is 20.8. The van der Waals surface area contributed by atoms with Gasteiger partial charge in [-0.2, -0.15) is 10.4 Å². The van der Waals surface area contributed by atoms with Gasteiger partial charge < -0.3 is 25.1 Å². The number of ether oxygens (including phenoxy) is 3. The quantitative estimate of drug-likeness (QED) is 0.472. The van der Waals surface area contributed by atoms with Crippen LogP contribution in [0, 0.1) is 23.2 Å². The number of rotatable bonds is 8. The molecule has 0 aromatic heterocycles. The lowest BCUT2D eigenvalue weighted by molar-refractivity contribution is -0.161. The fourth-order valence-electron chi connectivity index (χ4n) is 5.46. The van der Waals surface area contributed by atoms with E-state index in [0.717, 1.165) is 25.7 Å². The third-order valence-electron chi connectivity index (χ3n) is 7.28. The molecular formula is C25H35N5O6. The van der Waals surface area contributed by atoms with E-state index in [1.165, 1.54) is 17.8 Å². The largest absolute Gasteiger partial charge is 0.463 e. The summed E-state index contributed by atoms with van der Waals surface area (Å²) in [5.41, 5.74) is 4.67. The van der Waals surface area contributed by atoms with Crippen LogP contribution in [0.25, 0.3) is 0 Å². The molecule has 0 radical (unpaired) electrons. The molecule has 4 rings (SSSR count). The number of nitriles is 1. The molecule has 36 heavy (non-hydrogen) atoms. The monoisotopic (exact) mass is 501 g/mol. The van der Waals surface area contributed by atoms with Crippen LogP contribution in [0.5, 0.6) is 0 Å². The lowest BCUT2D eigenvalue weighted by Crippen LogP contribution is -2.56. The second-order valence-corrected chi connectivity index (χ2v) is 10.4. The van der Waals surface area contributed by atoms with Crippen molar-refractivity contribution in [3.8, 4) is 6.07 Å². The fraction of sp³-hybridized carbons (Fsp3) is 0.720. The number of aliphatic hydroxyl groups excluding tert-OH is 1. The number of esters is 2. The van der Waals surface area contributed by atoms with Crippen molar-refractivity contribution in [2.45, 2.75) is 95.2 Å². The van der Waals surface area contributed by atoms with Gasteiger partial charge in [-0.3, -0.25) is 14.6 Å². The van der Waals surface area contributed by atoms with Crippen molar-refractivity contribution in [1.82, 2.24) is 5.01 Å². The minimum Gasteiger partial charge on any atom is -0.463 e. The average Bonchev–Trinajstić information content (AvgIpc) is 3.39. The number of nitrogens with zero attached hydrogens (tertiary/aromatic N) is 4. The van der Waals surface area contributed by atoms with E-state index in [-0.39, 0.29) is 30.8 Å². The summed E-state index contributed by atoms with van der Waals surface area (Å²) in [6, 6.07) is 1.37. The Morgan fingerprint density at radius 2 is 2.08 bits per heavy atom. The third-order valence-corrected chi connectivity index (χ3v) is 7.28. The van der Waals surface area contributed by atoms with Gasteiger partial charge in [0.05, 0.1) is 5.70 Å². The topological polar surface area (TPSA) is 160 Å². The van der Waals surface area contributed by atoms with Crippen LogP contribution in [0.4, 0.5) is 0 Å². The van der Waals surface area contributed by atoms with E-state index >= 15 is 0 Å². The second-order valence-electron chi connectivity index (χ2n) is 10.4. The molecule has 1 saturated carbocycles. The van der Waals surface area contributed by atoms with Crippen molar-refractivity contribution in [3.05, 3.63) is 11.8 Å². The van der Waals surface area contributed by atoms with Crippen LogP contribution < -0.4 is 5.73 Å². The molecule has 3 heterocycles. The first kappa shape index (κ1) is 26.1. The Kier molecular flexibility index (Phi) is 7.95. The summed E-state index contributed by atoms with van der Waals surface area (Å²) in [5.74, 6) is -0.317. The van der Waals surface area contributed by atoms with Crippen LogP contribution in [0.15, 0.2) is 21.9 Å². The Labute approximate surface area is 210 Å². The molecule has 11 nitrogen and oxygen atoms in total. The van der Waals surface area contributed by atoms with Crippen LogP contribution in [-0.4, -0.2) is 70.8 Å². The van der Waals surface area contributed by atoms with E-state index in [1.54, 1.807) is 6.08 Å². The van der Waals surface area contributed by atoms with Crippen molar-refractivity contribution in [2.75, 3.05) is 6.61 Å². The minimum atomic E-state index is -1.81. The smallest absolute Gasteiger partial charge is 0.306 e. The highest BCUT2D eigenvalue weighted by Gasteiger charge is 2.63. The summed E-state index contributed by atoms with van der Waals surface area (Å²) in [6.07, 6.45) is 5.48. The fourth-order valence-corrected chi connectivity index (χ4v) is 5.46. The first-order chi connectivity index (χ1) is 17.2. The first-order valence-corrected chi connectivity index (χ1v) is 12.7. The zero-order valence-corrected chi connectivity index (χ0v) is 20.8. The predicted octanol–water partition coefficient (Wildman–Crippen LogP) is 1.75. The SMILES string of the molecule is CC(C)CC(=O)O[C@H]1[C@@H](O)[C@](C#N)(C2CC=C3C(N)=NC=NN32)O[C@@H]1COC(=O)CC1CCCCC1. The molecule has 0 spiro atoms. The molecule has 4 aliphatic rings. The number of hydrazone groups is 1. The molecule has 3 aliphatic heterocycles. The maximum Gasteiger partial charge on any atom is 0.306 e. The van der Waals surface area contributed by atoms with Gasteiger partial charge in [0.15, 0.2) is 11.9 Å². The summed E-state index contributed by atoms with van der Waals surface area (Å²) in [5, 5.41) is 27.4. The number of carbonyl (C=O) groups is 2. The Hall–Kier alpha value is -2.97. The Morgan fingerprint density at radius 1 is 1.33 bits per heavy atom. The standard InChI is InChI=1S/C25H35N5O6/c1-15(2)10-21(32)35-22-18(12-34-20(31)11-16-6-4-3-5-7-16)36-25(13-26,23(22)33)19-9-8-17-24(27)28-14-29-30(17)19/h8,14-16,18-19,22-23,33H,3-7,9-12H2,1-2H3,(H2,27,28,29)/t18-,19?,22-,23-,25+/m1/s1. The van der Waals surface area contributed by atoms with E-state index < -0.39 is 35.9 Å². The van der Waals surface area contributed by atoms with Crippen molar-refractivity contribution in [3.63, 3.8) is 0 Å². The summed E-state index contributed by atoms with van der Waals surface area (Å²) in [4.78, 5) is 29.1. The van der Waals surface area contributed by atoms with Crippen LogP contribution in [-0.2, 0) is 23.8 Å². The van der Waals surface area contributed by atoms with E-state index in [2.05, 4.69) is 16.2 Å². The minimum absolute atomic E-state index is 0.0380. The van der Waals surface area contributed by atoms with Crippen molar-refractivity contribution >= 4 is 24.1 Å². The van der Waals surface area contributed by atoms with Crippen molar-refractivity contribution < 1.29 is 28.9 Å². The van der Waals surface area contributed by atoms with Crippen LogP contribution in [0.1, 0.15) is 65.2 Å². The molecule has 0 aromatic carbocycles. The van der Waals surface area contributed by atoms with Gasteiger partial charge in [0.1, 0.15) is 37.3 Å². The molecule has 3 N–H and O–H groups in total. The van der Waals surface area contributed by atoms with Crippen LogP contribution in [0.2, 0.25) is 0 Å². The second kappa shape index (κ2) is 11.0. The van der Waals surface area contributed by atoms with Crippen molar-refractivity contribution in [2.24, 2.45) is 27.7 Å². The first-order valence-electron chi connectivity index (χ1n) is 12.7. The highest BCUT2D eigenvalue weighted by molar-refractivity contribution is 6.02. The highest BCUT2D eigenvalue weighted by Crippen LogP contribution is 2.43. The number of aliphatic imine (C=N–C) groups is 1. The van der Waals surface area contributed by atoms with E-state index in [0.29, 0.717) is 24.5 Å². The summed E-state index contributed by atoms with van der Waals surface area (Å²) in [6.45, 7) is 3.50. The molecular weight excluding hydrogens is 466 g/mol. The Bertz CT molecular complexity index is 982. The molecule has 11 heteroatoms. The zero-order chi connectivity index (χ0) is 25.9. The normalized spacial score (nSPS) is 32.0. The summed E-state index contributed by atoms with van der Waals surface area (Å²) >= 11 is 0. The number of aliphatic hydroxyl groups is 1. The molecule has 1 aliphatic carbocycles. The van der Waals surface area contributed by atoms with E-state index in [4.69, 9.17) is 19.9 Å². The molecule has 0 bridgehead atoms. The number of nitrogens with two attached hydrogens (primary N) is 1. The molecule has 2 fully saturated rings. The predicted molar refractivity (Wildman–Crippen MR) is 129 cm³/mol. The summed E-state index contributed by atoms with van der Waals surface area (Å²) < 4.78 is 17.3. The maximum absolute atomic E-state index is 12.6. The lowest BCUT2D eigenvalue weighted by Gasteiger charge is -2.36. The van der Waals surface area contributed by atoms with Gasteiger partial charge in [-0.1, -0.05) is 39.2 Å². The van der Waals surface area contributed by atoms with Crippen LogP contribution in [0.3, 0.4) is 0 Å². The van der Waals surface area contributed by atoms with Gasteiger partial charge in [0.25, 0.3) is 0 Å². The number of hydrogen-bond acceptors (Lipinski definition) is 11. The Balaban J connectivity index is 1.51. The van der Waals surface area contributed by atoms with Gasteiger partial charge in [-0.25, -0.2) is 4.99 Å². The molecule has 1 saturated heterocycles. The van der Waals surface area contributed by atoms with Gasteiger partial charge in [-0.15, -0.1) is 0 Å². The molecule has 0 aromatic rings. The Morgan fingerprint density at radius 3 is 2.78 bits per heavy atom. The number of fused-ring (bicyclic) bond motifs is 1. The highest BCUT2D eigenvalue weighted by atomic mass is 16.6. The van der Waals surface area contributed by atoms with Crippen LogP contribution >= 0.6 is 0 Å². The number of carbonyl (C=O) groups excluding carboxylic acids is 2. The van der Waals surface area contributed by atoms with Gasteiger partial charge in [-0.05, 0) is 31.1 Å². The van der Waals surface area contributed by atoms with E-state index in [9.17, 15) is 20.0 Å². The third kappa shape index (κ3) is 5.25. The van der Waals surface area contributed by atoms with E-state index in [1.807, 2.05) is 13.8 Å². The average molecular weight is 502 g/mol. The van der Waals surface area contributed by atoms with Gasteiger partial charge in [0.2, 0.25) is 5.60 Å². The molecule has 5 atom stereocenters. The maximum atomic E-state index is 12.6. The van der Waals surface area contributed by atoms with Gasteiger partial charge >= 0.3 is 11.9 Å². The van der Waals surface area contributed by atoms with Gasteiger partial charge in [0, 0.05) is 12.8 Å². The lowest BCUT2D eigenvalue weighted by atomic mass is 9.87. The summed E-state index contributed by atoms with van der Waals surface area (Å²) in [7, 11) is 0. The molecule has 1 unspecified atom stereocenters. The number of hydrogen-bond donors (Lipinski definition) is 2. The number of amidine groups is 1.